The molecule has 0 N–H and O–H groups in total. The van der Waals surface area contributed by atoms with E-state index in [9.17, 15) is 13.2 Å². The van der Waals surface area contributed by atoms with Crippen LogP contribution in [0, 0.1) is 0 Å². The van der Waals surface area contributed by atoms with Crippen molar-refractivity contribution in [2.75, 3.05) is 38.2 Å². The molecule has 0 aliphatic rings. The summed E-state index contributed by atoms with van der Waals surface area (Å²) in [7, 11) is -0.689. The van der Waals surface area contributed by atoms with E-state index in [0.29, 0.717) is 30.3 Å². The van der Waals surface area contributed by atoms with Gasteiger partial charge >= 0.3 is 0 Å². The fourth-order valence-electron chi connectivity index (χ4n) is 2.61. The summed E-state index contributed by atoms with van der Waals surface area (Å²) < 4.78 is 37.3. The van der Waals surface area contributed by atoms with Crippen molar-refractivity contribution in [3.05, 3.63) is 48.5 Å². The lowest BCUT2D eigenvalue weighted by Gasteiger charge is -2.20. The third-order valence-electron chi connectivity index (χ3n) is 4.40. The average molecular weight is 407 g/mol. The summed E-state index contributed by atoms with van der Waals surface area (Å²) in [6, 6.07) is 12.8. The number of likely N-dealkylation sites (N-methyl/N-ethyl adjacent to an activating group) is 1. The van der Waals surface area contributed by atoms with Crippen molar-refractivity contribution >= 4 is 21.6 Å². The highest BCUT2D eigenvalue weighted by Gasteiger charge is 2.21. The maximum absolute atomic E-state index is 12.8. The van der Waals surface area contributed by atoms with E-state index in [-0.39, 0.29) is 17.4 Å². The van der Waals surface area contributed by atoms with Crippen LogP contribution in [0.2, 0.25) is 0 Å². The van der Waals surface area contributed by atoms with Gasteiger partial charge in [-0.15, -0.1) is 0 Å². The van der Waals surface area contributed by atoms with Gasteiger partial charge in [-0.05, 0) is 62.4 Å². The van der Waals surface area contributed by atoms with E-state index in [4.69, 9.17) is 9.47 Å². The zero-order chi connectivity index (χ0) is 20.7. The number of nitrogens with zero attached hydrogens (tertiary/aromatic N) is 2. The summed E-state index contributed by atoms with van der Waals surface area (Å²) in [4.78, 5) is 13.8. The van der Waals surface area contributed by atoms with Crippen molar-refractivity contribution in [2.45, 2.75) is 18.7 Å². The Morgan fingerprint density at radius 1 is 0.929 bits per heavy atom. The second kappa shape index (κ2) is 9.45. The van der Waals surface area contributed by atoms with Crippen LogP contribution in [-0.4, -0.2) is 53.1 Å². The molecule has 0 aliphatic carbocycles. The molecule has 0 bridgehead atoms. The number of carbonyl (C=O) groups excluding carboxylic acids is 1. The molecule has 28 heavy (non-hydrogen) atoms. The molecule has 0 aliphatic heterocycles. The lowest BCUT2D eigenvalue weighted by molar-refractivity contribution is -0.132. The molecule has 0 saturated heterocycles. The van der Waals surface area contributed by atoms with Crippen LogP contribution in [0.4, 0.5) is 5.69 Å². The van der Waals surface area contributed by atoms with Gasteiger partial charge in [0.25, 0.3) is 15.9 Å². The molecule has 0 saturated carbocycles. The second-order valence-electron chi connectivity index (χ2n) is 6.00. The molecular formula is C20H26N2O5S. The third kappa shape index (κ3) is 4.95. The Hall–Kier alpha value is -2.74. The molecule has 0 fully saturated rings. The van der Waals surface area contributed by atoms with Gasteiger partial charge in [0, 0.05) is 20.1 Å². The minimum absolute atomic E-state index is 0.0546. The molecule has 2 aromatic carbocycles. The van der Waals surface area contributed by atoms with Crippen LogP contribution >= 0.6 is 0 Å². The molecule has 0 atom stereocenters. The molecule has 152 valence electrons. The molecular weight excluding hydrogens is 380 g/mol. The number of hydrogen-bond donors (Lipinski definition) is 0. The van der Waals surface area contributed by atoms with Crippen LogP contribution in [0.25, 0.3) is 0 Å². The van der Waals surface area contributed by atoms with E-state index in [1.54, 1.807) is 41.3 Å². The second-order valence-corrected chi connectivity index (χ2v) is 7.97. The van der Waals surface area contributed by atoms with Gasteiger partial charge in [0.1, 0.15) is 11.5 Å². The minimum atomic E-state index is -3.70. The van der Waals surface area contributed by atoms with Gasteiger partial charge in [-0.1, -0.05) is 0 Å². The van der Waals surface area contributed by atoms with Gasteiger partial charge in [0.05, 0.1) is 17.7 Å². The maximum Gasteiger partial charge on any atom is 0.264 e. The summed E-state index contributed by atoms with van der Waals surface area (Å²) >= 11 is 0. The van der Waals surface area contributed by atoms with E-state index < -0.39 is 10.0 Å². The molecule has 0 heterocycles. The lowest BCUT2D eigenvalue weighted by atomic mass is 10.3. The highest BCUT2D eigenvalue weighted by Crippen LogP contribution is 2.25. The van der Waals surface area contributed by atoms with Crippen molar-refractivity contribution in [3.8, 4) is 11.5 Å². The van der Waals surface area contributed by atoms with Crippen LogP contribution in [0.1, 0.15) is 13.8 Å². The van der Waals surface area contributed by atoms with Gasteiger partial charge in [-0.3, -0.25) is 9.10 Å². The quantitative estimate of drug-likeness (QED) is 0.640. The van der Waals surface area contributed by atoms with E-state index >= 15 is 0 Å². The van der Waals surface area contributed by atoms with Crippen LogP contribution < -0.4 is 13.8 Å². The zero-order valence-corrected chi connectivity index (χ0v) is 17.4. The van der Waals surface area contributed by atoms with Crippen molar-refractivity contribution in [1.82, 2.24) is 4.90 Å². The molecule has 8 heteroatoms. The Labute approximate surface area is 166 Å². The van der Waals surface area contributed by atoms with Gasteiger partial charge in [0.15, 0.2) is 6.61 Å². The van der Waals surface area contributed by atoms with Crippen LogP contribution in [0.5, 0.6) is 11.5 Å². The van der Waals surface area contributed by atoms with Crippen molar-refractivity contribution in [3.63, 3.8) is 0 Å². The molecule has 0 spiro atoms. The Bertz CT molecular complexity index is 876. The fourth-order valence-corrected chi connectivity index (χ4v) is 3.81. The molecule has 7 nitrogen and oxygen atoms in total. The summed E-state index contributed by atoms with van der Waals surface area (Å²) in [5.41, 5.74) is 0.484. The zero-order valence-electron chi connectivity index (χ0n) is 16.6. The predicted molar refractivity (Wildman–Crippen MR) is 108 cm³/mol. The number of methoxy groups -OCH3 is 1. The first-order valence-electron chi connectivity index (χ1n) is 8.97. The Kier molecular flexibility index (Phi) is 7.28. The molecule has 0 radical (unpaired) electrons. The van der Waals surface area contributed by atoms with E-state index in [1.807, 2.05) is 13.8 Å². The van der Waals surface area contributed by atoms with Gasteiger partial charge in [-0.25, -0.2) is 8.42 Å². The monoisotopic (exact) mass is 406 g/mol. The lowest BCUT2D eigenvalue weighted by Crippen LogP contribution is -2.34. The molecule has 2 rings (SSSR count). The normalized spacial score (nSPS) is 11.0. The maximum atomic E-state index is 12.8. The smallest absolute Gasteiger partial charge is 0.264 e. The van der Waals surface area contributed by atoms with Gasteiger partial charge < -0.3 is 14.4 Å². The minimum Gasteiger partial charge on any atom is -0.497 e. The number of rotatable bonds is 9. The average Bonchev–Trinajstić information content (AvgIpc) is 2.73. The van der Waals surface area contributed by atoms with E-state index in [1.165, 1.54) is 30.6 Å². The third-order valence-corrected chi connectivity index (χ3v) is 6.20. The van der Waals surface area contributed by atoms with Crippen LogP contribution in [-0.2, 0) is 14.8 Å². The van der Waals surface area contributed by atoms with Gasteiger partial charge in [0.2, 0.25) is 0 Å². The molecule has 2 aromatic rings. The number of ether oxygens (including phenoxy) is 2. The first-order valence-corrected chi connectivity index (χ1v) is 10.4. The topological polar surface area (TPSA) is 76.2 Å². The molecule has 0 aromatic heterocycles. The largest absolute Gasteiger partial charge is 0.497 e. The number of anilines is 1. The number of amides is 1. The van der Waals surface area contributed by atoms with E-state index in [0.717, 1.165) is 0 Å². The SMILES string of the molecule is CCN(CC)C(=O)COc1ccc(N(C)S(=O)(=O)c2ccc(OC)cc2)cc1. The highest BCUT2D eigenvalue weighted by atomic mass is 32.2. The standard InChI is InChI=1S/C20H26N2O5S/c1-5-22(6-2)20(23)15-27-18-9-7-16(8-10-18)21(3)28(24,25)19-13-11-17(26-4)12-14-19/h7-14H,5-6,15H2,1-4H3. The summed E-state index contributed by atoms with van der Waals surface area (Å²) in [5, 5.41) is 0. The summed E-state index contributed by atoms with van der Waals surface area (Å²) in [6.45, 7) is 5.03. The summed E-state index contributed by atoms with van der Waals surface area (Å²) in [5.74, 6) is 0.996. The molecule has 1 amide bonds. The Morgan fingerprint density at radius 2 is 1.46 bits per heavy atom. The van der Waals surface area contributed by atoms with E-state index in [2.05, 4.69) is 0 Å². The fraction of sp³-hybridized carbons (Fsp3) is 0.350. The van der Waals surface area contributed by atoms with Crippen molar-refractivity contribution in [1.29, 1.82) is 0 Å². The number of carbonyl (C=O) groups is 1. The number of benzene rings is 2. The first-order chi connectivity index (χ1) is 13.3. The number of sulfonamides is 1. The predicted octanol–water partition coefficient (Wildman–Crippen LogP) is 2.77. The van der Waals surface area contributed by atoms with Gasteiger partial charge in [-0.2, -0.15) is 0 Å². The molecule has 0 unspecified atom stereocenters. The summed E-state index contributed by atoms with van der Waals surface area (Å²) in [6.07, 6.45) is 0. The number of hydrogen-bond acceptors (Lipinski definition) is 5. The highest BCUT2D eigenvalue weighted by molar-refractivity contribution is 7.92. The Morgan fingerprint density at radius 3 is 1.96 bits per heavy atom. The Balaban J connectivity index is 2.08. The van der Waals surface area contributed by atoms with Crippen LogP contribution in [0.15, 0.2) is 53.4 Å². The van der Waals surface area contributed by atoms with Crippen molar-refractivity contribution < 1.29 is 22.7 Å². The van der Waals surface area contributed by atoms with Crippen molar-refractivity contribution in [2.24, 2.45) is 0 Å². The first kappa shape index (κ1) is 21.6. The van der Waals surface area contributed by atoms with Crippen LogP contribution in [0.3, 0.4) is 0 Å².